The third-order valence-corrected chi connectivity index (χ3v) is 4.28. The van der Waals surface area contributed by atoms with Gasteiger partial charge in [0.25, 0.3) is 5.91 Å². The van der Waals surface area contributed by atoms with Crippen molar-refractivity contribution in [3.63, 3.8) is 0 Å². The van der Waals surface area contributed by atoms with Gasteiger partial charge in [0.05, 0.1) is 17.8 Å². The maximum atomic E-state index is 12.6. The molecule has 2 amide bonds. The highest BCUT2D eigenvalue weighted by Crippen LogP contribution is 2.18. The summed E-state index contributed by atoms with van der Waals surface area (Å²) in [7, 11) is 1.59. The van der Waals surface area contributed by atoms with Gasteiger partial charge in [-0.2, -0.15) is 5.10 Å². The Morgan fingerprint density at radius 1 is 1.04 bits per heavy atom. The lowest BCUT2D eigenvalue weighted by Gasteiger charge is -2.11. The Labute approximate surface area is 158 Å². The average Bonchev–Trinajstić information content (AvgIpc) is 3.01. The molecule has 0 aliphatic heterocycles. The second kappa shape index (κ2) is 7.86. The quantitative estimate of drug-likeness (QED) is 0.732. The van der Waals surface area contributed by atoms with E-state index in [2.05, 4.69) is 15.7 Å². The summed E-state index contributed by atoms with van der Waals surface area (Å²) in [4.78, 5) is 24.3. The third-order valence-electron chi connectivity index (χ3n) is 4.28. The highest BCUT2D eigenvalue weighted by Gasteiger charge is 2.12. The van der Waals surface area contributed by atoms with E-state index in [4.69, 9.17) is 0 Å². The van der Waals surface area contributed by atoms with Crippen LogP contribution in [0, 0.1) is 13.8 Å². The molecule has 6 nitrogen and oxygen atoms in total. The number of carbonyl (C=O) groups excluding carboxylic acids is 2. The number of benzene rings is 2. The summed E-state index contributed by atoms with van der Waals surface area (Å²) in [6, 6.07) is 16.6. The van der Waals surface area contributed by atoms with E-state index < -0.39 is 0 Å². The van der Waals surface area contributed by atoms with Gasteiger partial charge in [-0.3, -0.25) is 9.59 Å². The number of para-hydroxylation sites is 1. The molecular weight excluding hydrogens is 340 g/mol. The van der Waals surface area contributed by atoms with Crippen LogP contribution in [0.25, 0.3) is 5.69 Å². The van der Waals surface area contributed by atoms with Crippen molar-refractivity contribution in [3.8, 4) is 5.69 Å². The van der Waals surface area contributed by atoms with Crippen LogP contribution in [0.3, 0.4) is 0 Å². The molecule has 0 saturated heterocycles. The molecule has 1 heterocycles. The number of amides is 2. The Balaban J connectivity index is 1.77. The second-order valence-corrected chi connectivity index (χ2v) is 6.35. The Kier molecular flexibility index (Phi) is 5.35. The molecule has 0 unspecified atom stereocenters. The molecule has 0 spiro atoms. The van der Waals surface area contributed by atoms with Crippen molar-refractivity contribution in [2.24, 2.45) is 0 Å². The van der Waals surface area contributed by atoms with Gasteiger partial charge >= 0.3 is 0 Å². The molecule has 3 rings (SSSR count). The zero-order valence-electron chi connectivity index (χ0n) is 15.6. The minimum absolute atomic E-state index is 0.106. The summed E-state index contributed by atoms with van der Waals surface area (Å²) in [6.07, 6.45) is 0.212. The van der Waals surface area contributed by atoms with Crippen molar-refractivity contribution >= 4 is 17.5 Å². The van der Waals surface area contributed by atoms with E-state index in [1.165, 1.54) is 0 Å². The van der Waals surface area contributed by atoms with Crippen molar-refractivity contribution in [1.82, 2.24) is 15.1 Å². The van der Waals surface area contributed by atoms with Gasteiger partial charge < -0.3 is 10.6 Å². The third kappa shape index (κ3) is 4.23. The minimum atomic E-state index is -0.223. The Morgan fingerprint density at radius 3 is 2.37 bits per heavy atom. The van der Waals surface area contributed by atoms with E-state index in [0.29, 0.717) is 11.3 Å². The van der Waals surface area contributed by atoms with Crippen LogP contribution >= 0.6 is 0 Å². The fourth-order valence-corrected chi connectivity index (χ4v) is 2.90. The van der Waals surface area contributed by atoms with E-state index in [1.54, 1.807) is 25.2 Å². The van der Waals surface area contributed by atoms with Crippen LogP contribution in [-0.4, -0.2) is 28.6 Å². The van der Waals surface area contributed by atoms with Crippen molar-refractivity contribution in [2.75, 3.05) is 12.4 Å². The number of hydrogen-bond acceptors (Lipinski definition) is 3. The fraction of sp³-hybridized carbons (Fsp3) is 0.190. The predicted molar refractivity (Wildman–Crippen MR) is 105 cm³/mol. The highest BCUT2D eigenvalue weighted by molar-refractivity contribution is 6.05. The molecule has 27 heavy (non-hydrogen) atoms. The highest BCUT2D eigenvalue weighted by atomic mass is 16.2. The van der Waals surface area contributed by atoms with E-state index >= 15 is 0 Å². The van der Waals surface area contributed by atoms with E-state index in [-0.39, 0.29) is 18.2 Å². The Hall–Kier alpha value is -3.41. The van der Waals surface area contributed by atoms with Gasteiger partial charge in [-0.15, -0.1) is 0 Å². The molecule has 2 N–H and O–H groups in total. The lowest BCUT2D eigenvalue weighted by molar-refractivity contribution is -0.119. The molecule has 0 radical (unpaired) electrons. The molecule has 0 aliphatic carbocycles. The molecule has 0 aliphatic rings. The number of anilines is 1. The zero-order valence-corrected chi connectivity index (χ0v) is 15.6. The van der Waals surface area contributed by atoms with Crippen LogP contribution in [0.1, 0.15) is 27.3 Å². The Bertz CT molecular complexity index is 974. The molecule has 2 aromatic carbocycles. The Morgan fingerprint density at radius 2 is 1.74 bits per heavy atom. The molecule has 138 valence electrons. The lowest BCUT2D eigenvalue weighted by atomic mass is 10.1. The van der Waals surface area contributed by atoms with Gasteiger partial charge in [0.15, 0.2) is 0 Å². The number of aryl methyl sites for hydroxylation is 2. The van der Waals surface area contributed by atoms with Crippen molar-refractivity contribution in [1.29, 1.82) is 0 Å². The number of nitrogens with zero attached hydrogens (tertiary/aromatic N) is 2. The van der Waals surface area contributed by atoms with Gasteiger partial charge in [0.2, 0.25) is 5.91 Å². The summed E-state index contributed by atoms with van der Waals surface area (Å²) < 4.78 is 1.84. The van der Waals surface area contributed by atoms with E-state index in [0.717, 1.165) is 22.6 Å². The number of nitrogens with one attached hydrogen (secondary N) is 2. The molecule has 0 saturated carbocycles. The van der Waals surface area contributed by atoms with Crippen LogP contribution in [0.15, 0.2) is 54.6 Å². The van der Waals surface area contributed by atoms with Crippen molar-refractivity contribution in [3.05, 3.63) is 77.1 Å². The second-order valence-electron chi connectivity index (χ2n) is 6.35. The smallest absolute Gasteiger partial charge is 0.255 e. The van der Waals surface area contributed by atoms with Crippen LogP contribution in [0.2, 0.25) is 0 Å². The standard InChI is InChI=1S/C21H22N4O2/c1-14-12-15(2)25(24-14)18-10-8-16(9-11-18)21(27)23-19-7-5-4-6-17(19)13-20(26)22-3/h4-12H,13H2,1-3H3,(H,22,26)(H,23,27). The summed E-state index contributed by atoms with van der Waals surface area (Å²) in [5, 5.41) is 9.93. The van der Waals surface area contributed by atoms with Gasteiger partial charge in [-0.05, 0) is 55.8 Å². The maximum Gasteiger partial charge on any atom is 0.255 e. The van der Waals surface area contributed by atoms with Gasteiger partial charge in [0.1, 0.15) is 0 Å². The van der Waals surface area contributed by atoms with Gasteiger partial charge in [-0.25, -0.2) is 4.68 Å². The summed E-state index contributed by atoms with van der Waals surface area (Å²) in [5.74, 6) is -0.329. The van der Waals surface area contributed by atoms with Crippen LogP contribution in [-0.2, 0) is 11.2 Å². The molecule has 0 fully saturated rings. The van der Waals surface area contributed by atoms with Gasteiger partial charge in [-0.1, -0.05) is 18.2 Å². The number of rotatable bonds is 5. The SMILES string of the molecule is CNC(=O)Cc1ccccc1NC(=O)c1ccc(-n2nc(C)cc2C)cc1. The van der Waals surface area contributed by atoms with Crippen LogP contribution in [0.4, 0.5) is 5.69 Å². The number of carbonyl (C=O) groups is 2. The first-order chi connectivity index (χ1) is 13.0. The van der Waals surface area contributed by atoms with Gasteiger partial charge in [0, 0.05) is 24.0 Å². The first-order valence-corrected chi connectivity index (χ1v) is 8.71. The number of likely N-dealkylation sites (N-methyl/N-ethyl adjacent to an activating group) is 1. The van der Waals surface area contributed by atoms with E-state index in [9.17, 15) is 9.59 Å². The first-order valence-electron chi connectivity index (χ1n) is 8.71. The molecular formula is C21H22N4O2. The molecule has 0 atom stereocenters. The topological polar surface area (TPSA) is 76.0 Å². The largest absolute Gasteiger partial charge is 0.359 e. The van der Waals surface area contributed by atoms with Crippen molar-refractivity contribution < 1.29 is 9.59 Å². The van der Waals surface area contributed by atoms with E-state index in [1.807, 2.05) is 54.9 Å². The molecule has 1 aromatic heterocycles. The normalized spacial score (nSPS) is 10.5. The lowest BCUT2D eigenvalue weighted by Crippen LogP contribution is -2.21. The molecule has 0 bridgehead atoms. The zero-order chi connectivity index (χ0) is 19.4. The minimum Gasteiger partial charge on any atom is -0.359 e. The number of aromatic nitrogens is 2. The molecule has 3 aromatic rings. The monoisotopic (exact) mass is 362 g/mol. The average molecular weight is 362 g/mol. The fourth-order valence-electron chi connectivity index (χ4n) is 2.90. The summed E-state index contributed by atoms with van der Waals surface area (Å²) in [5.41, 5.74) is 4.82. The summed E-state index contributed by atoms with van der Waals surface area (Å²) in [6.45, 7) is 3.94. The summed E-state index contributed by atoms with van der Waals surface area (Å²) >= 11 is 0. The first kappa shape index (κ1) is 18.4. The van der Waals surface area contributed by atoms with Crippen molar-refractivity contribution in [2.45, 2.75) is 20.3 Å². The molecule has 6 heteroatoms. The predicted octanol–water partition coefficient (Wildman–Crippen LogP) is 3.03. The number of hydrogen-bond donors (Lipinski definition) is 2. The van der Waals surface area contributed by atoms with Crippen LogP contribution in [0.5, 0.6) is 0 Å². The van der Waals surface area contributed by atoms with Crippen LogP contribution < -0.4 is 10.6 Å². The maximum absolute atomic E-state index is 12.6.